The molecule has 2 amide bonds. The zero-order valence-electron chi connectivity index (χ0n) is 11.9. The number of pyridine rings is 1. The molecule has 0 spiro atoms. The minimum Gasteiger partial charge on any atom is -0.347 e. The molecule has 110 valence electrons. The number of nitrogens with zero attached hydrogens (tertiary/aromatic N) is 1. The van der Waals surface area contributed by atoms with Crippen LogP contribution in [0.15, 0.2) is 21.5 Å². The predicted octanol–water partition coefficient (Wildman–Crippen LogP) is 1.25. The van der Waals surface area contributed by atoms with Crippen LogP contribution in [0.1, 0.15) is 20.8 Å². The molecule has 0 fully saturated rings. The summed E-state index contributed by atoms with van der Waals surface area (Å²) in [6.45, 7) is 5.19. The van der Waals surface area contributed by atoms with Gasteiger partial charge in [-0.1, -0.05) is 20.8 Å². The number of hydrogen-bond donors (Lipinski definition) is 2. The van der Waals surface area contributed by atoms with Gasteiger partial charge in [-0.3, -0.25) is 14.4 Å². The fraction of sp³-hybridized carbons (Fsp3) is 0.462. The van der Waals surface area contributed by atoms with Crippen LogP contribution < -0.4 is 16.2 Å². The topological polar surface area (TPSA) is 80.2 Å². The van der Waals surface area contributed by atoms with E-state index in [9.17, 15) is 14.4 Å². The van der Waals surface area contributed by atoms with Crippen molar-refractivity contribution in [1.82, 2.24) is 9.88 Å². The molecule has 0 aromatic carbocycles. The van der Waals surface area contributed by atoms with Gasteiger partial charge in [-0.2, -0.15) is 0 Å². The number of amides is 2. The molecule has 0 saturated carbocycles. The first-order chi connectivity index (χ1) is 9.11. The van der Waals surface area contributed by atoms with E-state index in [1.807, 2.05) is 0 Å². The van der Waals surface area contributed by atoms with E-state index in [2.05, 4.69) is 26.6 Å². The van der Waals surface area contributed by atoms with Gasteiger partial charge in [-0.05, 0) is 22.0 Å². The maximum Gasteiger partial charge on any atom is 0.264 e. The van der Waals surface area contributed by atoms with Gasteiger partial charge in [0.2, 0.25) is 11.8 Å². The van der Waals surface area contributed by atoms with Crippen LogP contribution in [-0.4, -0.2) is 22.9 Å². The standard InChI is InChI=1S/C13H18BrN3O3/c1-13(2,3)12(20)15-6-10(18)16-8-5-9(14)11(19)17(4)7-8/h5,7H,6H2,1-4H3,(H,15,20)(H,16,18). The van der Waals surface area contributed by atoms with Crippen LogP contribution in [0.25, 0.3) is 0 Å². The Morgan fingerprint density at radius 1 is 1.35 bits per heavy atom. The summed E-state index contributed by atoms with van der Waals surface area (Å²) in [5, 5.41) is 5.17. The maximum atomic E-state index is 11.7. The summed E-state index contributed by atoms with van der Waals surface area (Å²) < 4.78 is 1.71. The third kappa shape index (κ3) is 4.48. The van der Waals surface area contributed by atoms with Crippen LogP contribution in [-0.2, 0) is 16.6 Å². The molecule has 0 unspecified atom stereocenters. The van der Waals surface area contributed by atoms with Crippen molar-refractivity contribution in [2.24, 2.45) is 12.5 Å². The lowest BCUT2D eigenvalue weighted by Crippen LogP contribution is -2.39. The lowest BCUT2D eigenvalue weighted by atomic mass is 9.96. The van der Waals surface area contributed by atoms with Crippen molar-refractivity contribution in [3.8, 4) is 0 Å². The van der Waals surface area contributed by atoms with Crippen molar-refractivity contribution in [3.63, 3.8) is 0 Å². The fourth-order valence-electron chi connectivity index (χ4n) is 1.37. The second kappa shape index (κ2) is 6.21. The summed E-state index contributed by atoms with van der Waals surface area (Å²) in [4.78, 5) is 34.8. The molecule has 0 radical (unpaired) electrons. The minimum atomic E-state index is -0.542. The second-order valence-corrected chi connectivity index (χ2v) is 6.33. The van der Waals surface area contributed by atoms with E-state index >= 15 is 0 Å². The van der Waals surface area contributed by atoms with Crippen molar-refractivity contribution in [1.29, 1.82) is 0 Å². The molecule has 1 heterocycles. The molecule has 0 aliphatic rings. The molecular formula is C13H18BrN3O3. The van der Waals surface area contributed by atoms with Gasteiger partial charge < -0.3 is 15.2 Å². The fourth-order valence-corrected chi connectivity index (χ4v) is 1.90. The molecule has 2 N–H and O–H groups in total. The van der Waals surface area contributed by atoms with Crippen LogP contribution in [0.5, 0.6) is 0 Å². The van der Waals surface area contributed by atoms with E-state index in [1.54, 1.807) is 27.8 Å². The number of hydrogen-bond acceptors (Lipinski definition) is 3. The number of anilines is 1. The highest BCUT2D eigenvalue weighted by atomic mass is 79.9. The molecule has 1 rings (SSSR count). The second-order valence-electron chi connectivity index (χ2n) is 5.47. The Bertz CT molecular complexity index is 561. The average Bonchev–Trinajstić information content (AvgIpc) is 2.31. The van der Waals surface area contributed by atoms with Crippen LogP contribution in [0.4, 0.5) is 5.69 Å². The Kier molecular flexibility index (Phi) is 5.10. The molecule has 0 bridgehead atoms. The highest BCUT2D eigenvalue weighted by Gasteiger charge is 2.21. The van der Waals surface area contributed by atoms with E-state index in [0.29, 0.717) is 10.2 Å². The van der Waals surface area contributed by atoms with Gasteiger partial charge in [0, 0.05) is 18.7 Å². The number of rotatable bonds is 3. The molecule has 1 aromatic heterocycles. The van der Waals surface area contributed by atoms with E-state index in [0.717, 1.165) is 0 Å². The molecule has 7 heteroatoms. The van der Waals surface area contributed by atoms with Gasteiger partial charge in [0.25, 0.3) is 5.56 Å². The predicted molar refractivity (Wildman–Crippen MR) is 80.5 cm³/mol. The summed E-state index contributed by atoms with van der Waals surface area (Å²) in [6, 6.07) is 1.52. The lowest BCUT2D eigenvalue weighted by molar-refractivity contribution is -0.130. The maximum absolute atomic E-state index is 11.7. The Hall–Kier alpha value is -1.63. The zero-order chi connectivity index (χ0) is 15.5. The normalized spacial score (nSPS) is 11.1. The monoisotopic (exact) mass is 343 g/mol. The third-order valence-corrected chi connectivity index (χ3v) is 3.08. The third-order valence-electron chi connectivity index (χ3n) is 2.51. The zero-order valence-corrected chi connectivity index (χ0v) is 13.5. The number of carbonyl (C=O) groups excluding carboxylic acids is 2. The molecule has 0 aliphatic carbocycles. The van der Waals surface area contributed by atoms with E-state index in [-0.39, 0.29) is 23.9 Å². The molecular weight excluding hydrogens is 326 g/mol. The van der Waals surface area contributed by atoms with Gasteiger partial charge in [0.05, 0.1) is 16.7 Å². The highest BCUT2D eigenvalue weighted by molar-refractivity contribution is 9.10. The smallest absolute Gasteiger partial charge is 0.264 e. The van der Waals surface area contributed by atoms with Crippen LogP contribution in [0.2, 0.25) is 0 Å². The molecule has 0 atom stereocenters. The van der Waals surface area contributed by atoms with Gasteiger partial charge in [-0.15, -0.1) is 0 Å². The first-order valence-electron chi connectivity index (χ1n) is 6.05. The largest absolute Gasteiger partial charge is 0.347 e. The quantitative estimate of drug-likeness (QED) is 0.866. The average molecular weight is 344 g/mol. The van der Waals surface area contributed by atoms with Crippen molar-refractivity contribution in [2.45, 2.75) is 20.8 Å². The van der Waals surface area contributed by atoms with Crippen molar-refractivity contribution < 1.29 is 9.59 Å². The Labute approximate surface area is 125 Å². The summed E-state index contributed by atoms with van der Waals surface area (Å²) in [7, 11) is 1.59. The molecule has 20 heavy (non-hydrogen) atoms. The summed E-state index contributed by atoms with van der Waals surface area (Å²) in [6.07, 6.45) is 1.51. The number of aryl methyl sites for hydroxylation is 1. The SMILES string of the molecule is Cn1cc(NC(=O)CNC(=O)C(C)(C)C)cc(Br)c1=O. The highest BCUT2D eigenvalue weighted by Crippen LogP contribution is 2.13. The van der Waals surface area contributed by atoms with Crippen molar-refractivity contribution in [3.05, 3.63) is 27.1 Å². The van der Waals surface area contributed by atoms with Gasteiger partial charge in [-0.25, -0.2) is 0 Å². The van der Waals surface area contributed by atoms with E-state index in [4.69, 9.17) is 0 Å². The number of halogens is 1. The number of carbonyl (C=O) groups is 2. The van der Waals surface area contributed by atoms with E-state index in [1.165, 1.54) is 16.8 Å². The van der Waals surface area contributed by atoms with Gasteiger partial charge in [0.1, 0.15) is 0 Å². The number of nitrogens with one attached hydrogen (secondary N) is 2. The van der Waals surface area contributed by atoms with Crippen LogP contribution in [0.3, 0.4) is 0 Å². The molecule has 0 aliphatic heterocycles. The molecule has 1 aromatic rings. The first kappa shape index (κ1) is 16.4. The van der Waals surface area contributed by atoms with Gasteiger partial charge >= 0.3 is 0 Å². The molecule has 0 saturated heterocycles. The van der Waals surface area contributed by atoms with Crippen LogP contribution >= 0.6 is 15.9 Å². The summed E-state index contributed by atoms with van der Waals surface area (Å²) >= 11 is 3.12. The first-order valence-corrected chi connectivity index (χ1v) is 6.85. The Balaban J connectivity index is 2.64. The summed E-state index contributed by atoms with van der Waals surface area (Å²) in [5.74, 6) is -0.553. The number of aromatic nitrogens is 1. The summed E-state index contributed by atoms with van der Waals surface area (Å²) in [5.41, 5.74) is -0.252. The van der Waals surface area contributed by atoms with Gasteiger partial charge in [0.15, 0.2) is 0 Å². The van der Waals surface area contributed by atoms with Crippen molar-refractivity contribution in [2.75, 3.05) is 11.9 Å². The van der Waals surface area contributed by atoms with E-state index < -0.39 is 5.41 Å². The lowest BCUT2D eigenvalue weighted by Gasteiger charge is -2.17. The Morgan fingerprint density at radius 3 is 2.45 bits per heavy atom. The molecule has 6 nitrogen and oxygen atoms in total. The van der Waals surface area contributed by atoms with Crippen LogP contribution in [0, 0.1) is 5.41 Å². The Morgan fingerprint density at radius 2 is 1.95 bits per heavy atom. The van der Waals surface area contributed by atoms with Crippen molar-refractivity contribution >= 4 is 33.4 Å². The minimum absolute atomic E-state index is 0.115.